The molecule has 3 saturated carbocycles. The molecule has 6 atom stereocenters. The van der Waals surface area contributed by atoms with Crippen molar-refractivity contribution in [3.8, 4) is 23.3 Å². The summed E-state index contributed by atoms with van der Waals surface area (Å²) in [6.07, 6.45) is 5.35. The zero-order valence-corrected chi connectivity index (χ0v) is 65.1. The van der Waals surface area contributed by atoms with Crippen molar-refractivity contribution in [2.24, 2.45) is 5.92 Å². The number of ether oxygens (including phenoxy) is 2. The van der Waals surface area contributed by atoms with Crippen LogP contribution in [0.3, 0.4) is 0 Å². The molecule has 33 heteroatoms. The number of thiazole rings is 2. The number of carbonyl (C=O) groups excluding carboxylic acids is 2. The number of rotatable bonds is 14. The smallest absolute Gasteiger partial charge is 0.413 e. The molecule has 10 aromatic heterocycles. The van der Waals surface area contributed by atoms with E-state index in [0.29, 0.717) is 66.4 Å². The van der Waals surface area contributed by atoms with Crippen LogP contribution in [0.2, 0.25) is 0 Å². The fourth-order valence-corrected chi connectivity index (χ4v) is 14.2. The Kier molecular flexibility index (Phi) is 25.5. The number of nitrogens with zero attached hydrogens (tertiary/aromatic N) is 24. The normalized spacial score (nSPS) is 16.2. The number of nitrogen functional groups attached to an aromatic ring is 1. The maximum atomic E-state index is 11.8. The van der Waals surface area contributed by atoms with Crippen LogP contribution in [0, 0.1) is 89.0 Å². The first-order chi connectivity index (χ1) is 50.9. The van der Waals surface area contributed by atoms with Gasteiger partial charge in [0.2, 0.25) is 0 Å². The van der Waals surface area contributed by atoms with Gasteiger partial charge in [0, 0.05) is 64.4 Å². The molecule has 552 valence electrons. The standard InChI is InChI=1S/2C19H18N6S.C15H19N5O2.C11H13N5.C6H7NS.C4H6N2O2.ClH/c2*1-10-21-16(9-18(22-10)25-12(3)20-11(2)24-25)13-8-14(13)19-23-15-6-4-5-7-17(15)26-19;1-5-22-15(21)12-6-11(12)13-7-14(18-8(2)17-13)20-10(4)16-9(3)19-20;1-5-10-6-11(14-7(2)13-10)16-9(4)12-8(3)15-16;7-5-3-1-2-4-6(5)8;1-2-8-4(7)3-6-5;/h2*4-7,9,13-14H,8H2,1-3H3;7,11-12H,5-6H2,1-4H3;5-6H,1H2,2-4H3;1-4,8H,7H2;3H,2H2,1H3;1H/t2*13?,14-;11?,12-;;;;/m000..../s1. The molecule has 16 rings (SSSR count). The van der Waals surface area contributed by atoms with E-state index in [4.69, 9.17) is 35.9 Å². The van der Waals surface area contributed by atoms with Crippen LogP contribution in [0.1, 0.15) is 165 Å². The molecule has 29 nitrogen and oxygen atoms in total. The molecule has 0 bridgehead atoms. The van der Waals surface area contributed by atoms with E-state index in [1.165, 1.54) is 19.4 Å². The number of nitrogens with two attached hydrogens (primary N) is 1. The van der Waals surface area contributed by atoms with Gasteiger partial charge in [-0.25, -0.2) is 74.6 Å². The zero-order valence-electron chi connectivity index (χ0n) is 61.7. The van der Waals surface area contributed by atoms with Crippen molar-refractivity contribution in [2.45, 2.75) is 151 Å². The summed E-state index contributed by atoms with van der Waals surface area (Å²) in [5, 5.41) is 20.0. The third kappa shape index (κ3) is 19.9. The molecule has 0 aliphatic heterocycles. The van der Waals surface area contributed by atoms with Gasteiger partial charge in [-0.15, -0.1) is 68.1 Å². The molecule has 3 aromatic carbocycles. The van der Waals surface area contributed by atoms with Gasteiger partial charge in [-0.3, -0.25) is 4.79 Å². The molecule has 0 amide bonds. The molecule has 0 radical (unpaired) electrons. The average molecular weight is 1520 g/mol. The van der Waals surface area contributed by atoms with E-state index in [0.717, 1.165) is 134 Å². The molecule has 3 unspecified atom stereocenters. The van der Waals surface area contributed by atoms with E-state index in [9.17, 15) is 9.59 Å². The number of hydrogen-bond acceptors (Lipinski definition) is 26. The second-order valence-electron chi connectivity index (χ2n) is 25.2. The number of para-hydroxylation sites is 3. The summed E-state index contributed by atoms with van der Waals surface area (Å²) >= 11 is 7.66. The Morgan fingerprint density at radius 1 is 0.495 bits per heavy atom. The Hall–Kier alpha value is -11.2. The monoisotopic (exact) mass is 1520 g/mol. The van der Waals surface area contributed by atoms with Crippen molar-refractivity contribution in [1.82, 2.24) is 109 Å². The van der Waals surface area contributed by atoms with Crippen LogP contribution in [0.15, 0.2) is 109 Å². The minimum absolute atomic E-state index is 0. The maximum absolute atomic E-state index is 11.8. The van der Waals surface area contributed by atoms with Crippen molar-refractivity contribution in [1.29, 1.82) is 0 Å². The van der Waals surface area contributed by atoms with E-state index >= 15 is 0 Å². The molecule has 2 N–H and O–H groups in total. The zero-order chi connectivity index (χ0) is 75.6. The third-order valence-corrected chi connectivity index (χ3v) is 19.4. The number of aryl methyl sites for hydroxylation is 12. The number of esters is 2. The second kappa shape index (κ2) is 34.8. The Labute approximate surface area is 637 Å². The van der Waals surface area contributed by atoms with Gasteiger partial charge in [0.25, 0.3) is 0 Å². The molecule has 3 fully saturated rings. The predicted octanol–water partition coefficient (Wildman–Crippen LogP) is 12.8. The highest BCUT2D eigenvalue weighted by Crippen LogP contribution is 2.57. The summed E-state index contributed by atoms with van der Waals surface area (Å²) in [5.41, 5.74) is 19.9. The van der Waals surface area contributed by atoms with Gasteiger partial charge in [0.1, 0.15) is 69.9 Å². The Morgan fingerprint density at radius 2 is 0.869 bits per heavy atom. The summed E-state index contributed by atoms with van der Waals surface area (Å²) < 4.78 is 18.9. The highest BCUT2D eigenvalue weighted by Gasteiger charge is 2.47. The SMILES string of the molecule is C=Cc1cc(-n2nc(C)nc2C)nc(C)n1.CCOC(=O)C=[N+]=[N-].CCOC(=O)[C@H]1CC1c1cc(-n2nc(C)nc2C)nc(C)n1.Cc1nc(C2C[C@@H]2c2nc3ccccc3s2)cc(-n2nc(C)nc2C)n1.Cc1nc(C2C[C@@H]2c2nc3ccccc3s2)cc(-n2nc(C)nc2C)n1.Cl.Nc1ccccc1S. The van der Waals surface area contributed by atoms with Crippen molar-refractivity contribution in [2.75, 3.05) is 18.9 Å². The molecule has 0 saturated heterocycles. The number of thiol groups is 1. The van der Waals surface area contributed by atoms with Crippen LogP contribution in [0.5, 0.6) is 0 Å². The van der Waals surface area contributed by atoms with E-state index in [2.05, 4.69) is 135 Å². The number of hydrogen-bond donors (Lipinski definition) is 2. The maximum Gasteiger partial charge on any atom is 0.413 e. The first-order valence-electron chi connectivity index (χ1n) is 34.3. The van der Waals surface area contributed by atoms with Gasteiger partial charge in [0.05, 0.1) is 72.4 Å². The van der Waals surface area contributed by atoms with Crippen LogP contribution in [0.25, 0.3) is 55.3 Å². The lowest BCUT2D eigenvalue weighted by Gasteiger charge is -2.07. The van der Waals surface area contributed by atoms with Gasteiger partial charge in [0.15, 0.2) is 23.3 Å². The molecule has 107 heavy (non-hydrogen) atoms. The molecular formula is C74H82ClN25O4S3. The van der Waals surface area contributed by atoms with Crippen molar-refractivity contribution < 1.29 is 23.9 Å². The van der Waals surface area contributed by atoms with E-state index in [1.54, 1.807) is 54.4 Å². The molecule has 3 aliphatic rings. The fourth-order valence-electron chi connectivity index (χ4n) is 11.8. The quantitative estimate of drug-likeness (QED) is 0.0255. The van der Waals surface area contributed by atoms with Gasteiger partial charge in [-0.05, 0) is 159 Å². The number of carbonyl (C=O) groups is 2. The summed E-state index contributed by atoms with van der Waals surface area (Å²) in [7, 11) is 0. The van der Waals surface area contributed by atoms with Crippen LogP contribution < -0.4 is 5.73 Å². The van der Waals surface area contributed by atoms with E-state index in [-0.39, 0.29) is 30.2 Å². The lowest BCUT2D eigenvalue weighted by Crippen LogP contribution is -2.09. The molecule has 10 heterocycles. The van der Waals surface area contributed by atoms with Crippen molar-refractivity contribution >= 4 is 98.1 Å². The third-order valence-electron chi connectivity index (χ3n) is 16.7. The lowest BCUT2D eigenvalue weighted by atomic mass is 10.2. The lowest BCUT2D eigenvalue weighted by molar-refractivity contribution is -0.144. The molecular weight excluding hydrogens is 1430 g/mol. The molecule has 13 aromatic rings. The van der Waals surface area contributed by atoms with Gasteiger partial charge in [-0.1, -0.05) is 43.0 Å². The number of halogens is 1. The summed E-state index contributed by atoms with van der Waals surface area (Å²) in [5.74, 6) is 13.0. The van der Waals surface area contributed by atoms with Crippen LogP contribution in [0.4, 0.5) is 5.69 Å². The van der Waals surface area contributed by atoms with Gasteiger partial charge < -0.3 is 20.7 Å². The number of anilines is 1. The van der Waals surface area contributed by atoms with E-state index in [1.807, 2.05) is 151 Å². The van der Waals surface area contributed by atoms with Crippen LogP contribution in [-0.2, 0) is 19.1 Å². The summed E-state index contributed by atoms with van der Waals surface area (Å²) in [6.45, 7) is 30.6. The first kappa shape index (κ1) is 78.4. The predicted molar refractivity (Wildman–Crippen MR) is 413 cm³/mol. The number of aromatic nitrogens is 22. The number of fused-ring (bicyclic) bond motifs is 2. The minimum atomic E-state index is -0.630. The molecule has 3 aliphatic carbocycles. The minimum Gasteiger partial charge on any atom is -0.466 e. The Bertz CT molecular complexity index is 5140. The highest BCUT2D eigenvalue weighted by atomic mass is 35.5. The summed E-state index contributed by atoms with van der Waals surface area (Å²) in [6, 6.07) is 31.9. The van der Waals surface area contributed by atoms with E-state index < -0.39 is 5.97 Å². The Morgan fingerprint density at radius 3 is 1.21 bits per heavy atom. The highest BCUT2D eigenvalue weighted by molar-refractivity contribution is 7.80. The van der Waals surface area contributed by atoms with Crippen LogP contribution >= 0.6 is 47.7 Å². The Balaban J connectivity index is 0.000000144. The average Bonchev–Trinajstić information content (AvgIpc) is 1.63. The van der Waals surface area contributed by atoms with Gasteiger partial charge >= 0.3 is 18.2 Å². The van der Waals surface area contributed by atoms with Crippen molar-refractivity contribution in [3.63, 3.8) is 0 Å². The topological polar surface area (TPSA) is 367 Å². The van der Waals surface area contributed by atoms with Gasteiger partial charge in [-0.2, -0.15) is 23.5 Å². The first-order valence-corrected chi connectivity index (χ1v) is 36.4. The fraction of sp³-hybridized carbons (Fsp3) is 0.338. The van der Waals surface area contributed by atoms with Crippen molar-refractivity contribution in [3.05, 3.63) is 212 Å². The largest absolute Gasteiger partial charge is 0.466 e. The number of benzene rings is 3. The molecule has 0 spiro atoms. The summed E-state index contributed by atoms with van der Waals surface area (Å²) in [4.78, 5) is 88.1. The van der Waals surface area contributed by atoms with Crippen LogP contribution in [-0.4, -0.2) is 145 Å². The second-order valence-corrected chi connectivity index (χ2v) is 27.8.